The molecule has 0 saturated carbocycles. The lowest BCUT2D eigenvalue weighted by Crippen LogP contribution is -2.40. The normalized spacial score (nSPS) is 16.7. The molecule has 1 aliphatic heterocycles. The van der Waals surface area contributed by atoms with Crippen LogP contribution < -0.4 is 5.32 Å². The highest BCUT2D eigenvalue weighted by molar-refractivity contribution is 5.91. The summed E-state index contributed by atoms with van der Waals surface area (Å²) in [7, 11) is 0. The van der Waals surface area contributed by atoms with Crippen LogP contribution in [-0.4, -0.2) is 35.0 Å². The second-order valence-corrected chi connectivity index (χ2v) is 4.59. The Labute approximate surface area is 105 Å². The molecule has 0 aromatic carbocycles. The van der Waals surface area contributed by atoms with E-state index in [1.165, 1.54) is 0 Å². The molecule has 6 heteroatoms. The number of nitrogens with zero attached hydrogens (tertiary/aromatic N) is 2. The van der Waals surface area contributed by atoms with E-state index in [4.69, 9.17) is 4.52 Å². The third-order valence-corrected chi connectivity index (χ3v) is 3.19. The molecular formula is C12H17N3O3. The maximum atomic E-state index is 12.0. The summed E-state index contributed by atoms with van der Waals surface area (Å²) in [6.07, 6.45) is 1.39. The van der Waals surface area contributed by atoms with Crippen molar-refractivity contribution in [1.82, 2.24) is 10.1 Å². The molecule has 2 rings (SSSR count). The first-order chi connectivity index (χ1) is 8.56. The molecule has 6 nitrogen and oxygen atoms in total. The maximum Gasteiger partial charge on any atom is 0.228 e. The molecule has 98 valence electrons. The van der Waals surface area contributed by atoms with Gasteiger partial charge in [0, 0.05) is 32.0 Å². The van der Waals surface area contributed by atoms with E-state index >= 15 is 0 Å². The second-order valence-electron chi connectivity index (χ2n) is 4.59. The van der Waals surface area contributed by atoms with Crippen LogP contribution in [0.15, 0.2) is 10.6 Å². The molecule has 1 aromatic heterocycles. The van der Waals surface area contributed by atoms with Gasteiger partial charge in [0.05, 0.1) is 0 Å². The molecule has 1 aromatic rings. The zero-order valence-corrected chi connectivity index (χ0v) is 10.6. The Morgan fingerprint density at radius 1 is 1.44 bits per heavy atom. The van der Waals surface area contributed by atoms with Crippen molar-refractivity contribution in [2.45, 2.75) is 26.7 Å². The van der Waals surface area contributed by atoms with Crippen molar-refractivity contribution in [2.24, 2.45) is 5.92 Å². The monoisotopic (exact) mass is 251 g/mol. The predicted molar refractivity (Wildman–Crippen MR) is 64.8 cm³/mol. The average molecular weight is 251 g/mol. The van der Waals surface area contributed by atoms with Gasteiger partial charge in [0.15, 0.2) is 5.82 Å². The number of aromatic nitrogens is 1. The van der Waals surface area contributed by atoms with Crippen molar-refractivity contribution in [3.05, 3.63) is 11.8 Å². The lowest BCUT2D eigenvalue weighted by Gasteiger charge is -2.30. The fourth-order valence-electron chi connectivity index (χ4n) is 2.11. The van der Waals surface area contributed by atoms with Gasteiger partial charge in [-0.1, -0.05) is 5.16 Å². The molecule has 0 aliphatic carbocycles. The van der Waals surface area contributed by atoms with E-state index in [1.807, 2.05) is 0 Å². The minimum absolute atomic E-state index is 0.0495. The van der Waals surface area contributed by atoms with Gasteiger partial charge in [0.25, 0.3) is 0 Å². The highest BCUT2D eigenvalue weighted by Crippen LogP contribution is 2.19. The summed E-state index contributed by atoms with van der Waals surface area (Å²) in [5.74, 6) is 1.08. The Bertz CT molecular complexity index is 447. The molecule has 0 unspecified atom stereocenters. The van der Waals surface area contributed by atoms with Crippen LogP contribution in [0.25, 0.3) is 0 Å². The summed E-state index contributed by atoms with van der Waals surface area (Å²) in [4.78, 5) is 24.9. The summed E-state index contributed by atoms with van der Waals surface area (Å²) in [5.41, 5.74) is 0. The third-order valence-electron chi connectivity index (χ3n) is 3.19. The Morgan fingerprint density at radius 2 is 2.11 bits per heavy atom. The fourth-order valence-corrected chi connectivity index (χ4v) is 2.11. The number of piperidine rings is 1. The van der Waals surface area contributed by atoms with E-state index in [1.54, 1.807) is 24.8 Å². The Balaban J connectivity index is 1.86. The molecule has 2 heterocycles. The molecule has 1 saturated heterocycles. The van der Waals surface area contributed by atoms with Crippen molar-refractivity contribution in [1.29, 1.82) is 0 Å². The van der Waals surface area contributed by atoms with Crippen LogP contribution in [0.4, 0.5) is 5.82 Å². The number of hydrogen-bond acceptors (Lipinski definition) is 4. The number of amides is 2. The molecule has 0 radical (unpaired) electrons. The van der Waals surface area contributed by atoms with Crippen LogP contribution in [0.1, 0.15) is 25.5 Å². The van der Waals surface area contributed by atoms with Gasteiger partial charge < -0.3 is 14.7 Å². The molecule has 0 bridgehead atoms. The van der Waals surface area contributed by atoms with Gasteiger partial charge in [-0.25, -0.2) is 0 Å². The zero-order chi connectivity index (χ0) is 13.1. The summed E-state index contributed by atoms with van der Waals surface area (Å²) < 4.78 is 4.88. The van der Waals surface area contributed by atoms with Crippen molar-refractivity contribution in [2.75, 3.05) is 18.4 Å². The first kappa shape index (κ1) is 12.6. The van der Waals surface area contributed by atoms with Gasteiger partial charge in [-0.05, 0) is 19.8 Å². The summed E-state index contributed by atoms with van der Waals surface area (Å²) in [5, 5.41) is 6.45. The van der Waals surface area contributed by atoms with Gasteiger partial charge in [-0.2, -0.15) is 0 Å². The van der Waals surface area contributed by atoms with E-state index in [9.17, 15) is 9.59 Å². The van der Waals surface area contributed by atoms with Crippen LogP contribution in [0.2, 0.25) is 0 Å². The van der Waals surface area contributed by atoms with E-state index < -0.39 is 0 Å². The van der Waals surface area contributed by atoms with Crippen LogP contribution >= 0.6 is 0 Å². The molecule has 1 fully saturated rings. The third kappa shape index (κ3) is 2.88. The molecule has 2 amide bonds. The number of nitrogens with one attached hydrogen (secondary N) is 1. The highest BCUT2D eigenvalue weighted by atomic mass is 16.5. The number of carbonyl (C=O) groups is 2. The van der Waals surface area contributed by atoms with Gasteiger partial charge in [0.1, 0.15) is 5.76 Å². The minimum Gasteiger partial charge on any atom is -0.360 e. The van der Waals surface area contributed by atoms with Crippen molar-refractivity contribution in [3.8, 4) is 0 Å². The van der Waals surface area contributed by atoms with Gasteiger partial charge in [0.2, 0.25) is 11.8 Å². The Hall–Kier alpha value is -1.85. The predicted octanol–water partition coefficient (Wildman–Crippen LogP) is 1.18. The van der Waals surface area contributed by atoms with Crippen LogP contribution in [0.3, 0.4) is 0 Å². The topological polar surface area (TPSA) is 75.4 Å². The first-order valence-corrected chi connectivity index (χ1v) is 6.06. The van der Waals surface area contributed by atoms with Crippen LogP contribution in [0.5, 0.6) is 0 Å². The number of anilines is 1. The fraction of sp³-hybridized carbons (Fsp3) is 0.583. The number of aryl methyl sites for hydroxylation is 1. The number of rotatable bonds is 2. The van der Waals surface area contributed by atoms with Gasteiger partial charge in [-0.3, -0.25) is 9.59 Å². The quantitative estimate of drug-likeness (QED) is 0.856. The maximum absolute atomic E-state index is 12.0. The Kier molecular flexibility index (Phi) is 3.64. The van der Waals surface area contributed by atoms with E-state index in [0.717, 1.165) is 0 Å². The van der Waals surface area contributed by atoms with Gasteiger partial charge >= 0.3 is 0 Å². The van der Waals surface area contributed by atoms with Crippen molar-refractivity contribution in [3.63, 3.8) is 0 Å². The number of likely N-dealkylation sites (tertiary alicyclic amines) is 1. The SMILES string of the molecule is CC(=O)N1CCC(C(=O)Nc2cc(C)on2)CC1. The molecule has 0 atom stereocenters. The lowest BCUT2D eigenvalue weighted by molar-refractivity contribution is -0.132. The molecule has 0 spiro atoms. The summed E-state index contributed by atoms with van der Waals surface area (Å²) >= 11 is 0. The Morgan fingerprint density at radius 3 is 2.61 bits per heavy atom. The second kappa shape index (κ2) is 5.20. The van der Waals surface area contributed by atoms with E-state index in [2.05, 4.69) is 10.5 Å². The van der Waals surface area contributed by atoms with Gasteiger partial charge in [-0.15, -0.1) is 0 Å². The van der Waals surface area contributed by atoms with Crippen molar-refractivity contribution >= 4 is 17.6 Å². The van der Waals surface area contributed by atoms with Crippen LogP contribution in [0, 0.1) is 12.8 Å². The smallest absolute Gasteiger partial charge is 0.228 e. The number of carbonyl (C=O) groups excluding carboxylic acids is 2. The van der Waals surface area contributed by atoms with E-state index in [0.29, 0.717) is 37.5 Å². The standard InChI is InChI=1S/C12H17N3O3/c1-8-7-11(14-18-8)13-12(17)10-3-5-15(6-4-10)9(2)16/h7,10H,3-6H2,1-2H3,(H,13,14,17). The minimum atomic E-state index is -0.0578. The zero-order valence-electron chi connectivity index (χ0n) is 10.6. The number of hydrogen-bond donors (Lipinski definition) is 1. The van der Waals surface area contributed by atoms with Crippen molar-refractivity contribution < 1.29 is 14.1 Å². The molecule has 1 aliphatic rings. The molecule has 1 N–H and O–H groups in total. The molecular weight excluding hydrogens is 234 g/mol. The summed E-state index contributed by atoms with van der Waals surface area (Å²) in [6, 6.07) is 1.68. The van der Waals surface area contributed by atoms with Crippen LogP contribution in [-0.2, 0) is 9.59 Å². The summed E-state index contributed by atoms with van der Waals surface area (Å²) in [6.45, 7) is 4.61. The molecule has 18 heavy (non-hydrogen) atoms. The highest BCUT2D eigenvalue weighted by Gasteiger charge is 2.26. The lowest BCUT2D eigenvalue weighted by atomic mass is 9.96. The largest absolute Gasteiger partial charge is 0.360 e. The first-order valence-electron chi connectivity index (χ1n) is 6.06. The average Bonchev–Trinajstić information content (AvgIpc) is 2.75. The van der Waals surface area contributed by atoms with E-state index in [-0.39, 0.29) is 17.7 Å².